The van der Waals surface area contributed by atoms with Crippen molar-refractivity contribution in [1.29, 1.82) is 0 Å². The molecule has 0 bridgehead atoms. The number of nitrogens with zero attached hydrogens (tertiary/aromatic N) is 2. The molecule has 2 heteroatoms. The standard InChI is InChI=1S/C74H54N2/c1-6-25-53(26-7-1)55-45-49-60(50-46-55)75(58-31-12-4-13-32-58)70-43-22-20-40-67(70)74(68-41-21-23-44-71(68)76(59-33-14-5-15-34-59)61-51-47-56(48-52-61)54-27-8-2-9-28-54)66-39-19-18-38-65(66)73(57-29-10-3-11-30-57)64-37-17-16-35-62(64)63-36-24-42-69(74)72(63)73/h1-22,24-43,45-52H,23,44H2. The molecule has 0 heterocycles. The summed E-state index contributed by atoms with van der Waals surface area (Å²) in [7, 11) is 0. The molecule has 0 aliphatic heterocycles. The third-order valence-electron chi connectivity index (χ3n) is 16.3. The zero-order valence-electron chi connectivity index (χ0n) is 42.2. The molecule has 3 aliphatic rings. The summed E-state index contributed by atoms with van der Waals surface area (Å²) >= 11 is 0. The third-order valence-corrected chi connectivity index (χ3v) is 16.3. The van der Waals surface area contributed by atoms with Gasteiger partial charge in [0, 0.05) is 28.4 Å². The lowest BCUT2D eigenvalue weighted by molar-refractivity contribution is 0.615. The van der Waals surface area contributed by atoms with Crippen LogP contribution in [0.25, 0.3) is 33.4 Å². The molecule has 11 aromatic carbocycles. The first kappa shape index (κ1) is 45.1. The van der Waals surface area contributed by atoms with E-state index in [9.17, 15) is 0 Å². The van der Waals surface area contributed by atoms with E-state index in [1.54, 1.807) is 0 Å². The molecule has 0 aromatic heterocycles. The molecule has 2 atom stereocenters. The van der Waals surface area contributed by atoms with E-state index in [0.29, 0.717) is 0 Å². The van der Waals surface area contributed by atoms with Gasteiger partial charge in [0.05, 0.1) is 16.5 Å². The van der Waals surface area contributed by atoms with Gasteiger partial charge in [-0.05, 0) is 145 Å². The number of rotatable bonds is 11. The summed E-state index contributed by atoms with van der Waals surface area (Å²) in [6, 6.07) is 108. The molecule has 2 nitrogen and oxygen atoms in total. The predicted molar refractivity (Wildman–Crippen MR) is 316 cm³/mol. The van der Waals surface area contributed by atoms with Crippen LogP contribution >= 0.6 is 0 Å². The number of hydrogen-bond donors (Lipinski definition) is 0. The maximum absolute atomic E-state index is 2.56. The fraction of sp³-hybridized carbons (Fsp3) is 0.0541. The van der Waals surface area contributed by atoms with Crippen molar-refractivity contribution in [1.82, 2.24) is 0 Å². The van der Waals surface area contributed by atoms with E-state index < -0.39 is 10.8 Å². The van der Waals surface area contributed by atoms with Crippen molar-refractivity contribution in [3.05, 3.63) is 354 Å². The summed E-state index contributed by atoms with van der Waals surface area (Å²) in [4.78, 5) is 5.06. The Bertz CT molecular complexity index is 3960. The van der Waals surface area contributed by atoms with Gasteiger partial charge in [0.1, 0.15) is 0 Å². The van der Waals surface area contributed by atoms with Gasteiger partial charge in [-0.25, -0.2) is 0 Å². The Hall–Kier alpha value is -9.50. The SMILES string of the molecule is C1=CC(C2(c3ccccc3N(c3ccccc3)c3ccc(-c4ccccc4)cc3)c3ccccc3C3(c4ccccc4)c4ccccc4-c4cccc2c43)=C(N(c2ccccc2)c2ccc(-c3ccccc3)cc2)CC1. The minimum absolute atomic E-state index is 0.601. The topological polar surface area (TPSA) is 6.48 Å². The molecular formula is C74H54N2. The summed E-state index contributed by atoms with van der Waals surface area (Å²) in [6.45, 7) is 0. The van der Waals surface area contributed by atoms with Gasteiger partial charge in [-0.1, -0.05) is 249 Å². The van der Waals surface area contributed by atoms with Crippen LogP contribution in [0.2, 0.25) is 0 Å². The van der Waals surface area contributed by atoms with Crippen molar-refractivity contribution in [2.45, 2.75) is 23.7 Å². The normalized spacial score (nSPS) is 16.8. The highest BCUT2D eigenvalue weighted by molar-refractivity contribution is 5.94. The van der Waals surface area contributed by atoms with Gasteiger partial charge in [0.2, 0.25) is 0 Å². The predicted octanol–water partition coefficient (Wildman–Crippen LogP) is 18.9. The summed E-state index contributed by atoms with van der Waals surface area (Å²) in [5.74, 6) is 0. The van der Waals surface area contributed by atoms with E-state index in [1.165, 1.54) is 83.6 Å². The molecule has 0 radical (unpaired) electrons. The maximum atomic E-state index is 2.56. The van der Waals surface area contributed by atoms with E-state index >= 15 is 0 Å². The zero-order valence-corrected chi connectivity index (χ0v) is 42.2. The van der Waals surface area contributed by atoms with Gasteiger partial charge < -0.3 is 9.80 Å². The molecule has 2 unspecified atom stereocenters. The van der Waals surface area contributed by atoms with Crippen LogP contribution in [0.4, 0.5) is 28.4 Å². The average Bonchev–Trinajstić information content (AvgIpc) is 4.04. The Morgan fingerprint density at radius 2 is 0.711 bits per heavy atom. The van der Waals surface area contributed by atoms with E-state index in [1.807, 2.05) is 0 Å². The second kappa shape index (κ2) is 18.8. The number of anilines is 5. The molecule has 14 rings (SSSR count). The summed E-state index contributed by atoms with van der Waals surface area (Å²) < 4.78 is 0. The van der Waals surface area contributed by atoms with E-state index in [0.717, 1.165) is 41.3 Å². The van der Waals surface area contributed by atoms with Gasteiger partial charge in [-0.2, -0.15) is 0 Å². The molecule has 0 saturated heterocycles. The lowest BCUT2D eigenvalue weighted by atomic mass is 9.50. The van der Waals surface area contributed by atoms with Gasteiger partial charge >= 0.3 is 0 Å². The molecule has 360 valence electrons. The first-order valence-electron chi connectivity index (χ1n) is 26.6. The van der Waals surface area contributed by atoms with E-state index in [4.69, 9.17) is 0 Å². The second-order valence-electron chi connectivity index (χ2n) is 20.2. The van der Waals surface area contributed by atoms with Gasteiger partial charge in [0.25, 0.3) is 0 Å². The van der Waals surface area contributed by atoms with Crippen LogP contribution in [0.3, 0.4) is 0 Å². The highest BCUT2D eigenvalue weighted by Gasteiger charge is 2.59. The molecule has 3 aliphatic carbocycles. The summed E-state index contributed by atoms with van der Waals surface area (Å²) in [6.07, 6.45) is 6.66. The zero-order chi connectivity index (χ0) is 50.5. The summed E-state index contributed by atoms with van der Waals surface area (Å²) in [5, 5.41) is 0. The van der Waals surface area contributed by atoms with Crippen LogP contribution < -0.4 is 9.80 Å². The second-order valence-corrected chi connectivity index (χ2v) is 20.2. The van der Waals surface area contributed by atoms with E-state index in [-0.39, 0.29) is 0 Å². The lowest BCUT2D eigenvalue weighted by Crippen LogP contribution is -2.46. The molecule has 0 saturated carbocycles. The molecule has 76 heavy (non-hydrogen) atoms. The number of fused-ring (bicyclic) bond motifs is 5. The minimum atomic E-state index is -0.876. The van der Waals surface area contributed by atoms with Crippen LogP contribution in [0, 0.1) is 0 Å². The molecule has 0 N–H and O–H groups in total. The Labute approximate surface area is 446 Å². The molecule has 0 fully saturated rings. The molecule has 11 aromatic rings. The van der Waals surface area contributed by atoms with Crippen LogP contribution in [0.1, 0.15) is 51.8 Å². The lowest BCUT2D eigenvalue weighted by Gasteiger charge is -2.52. The average molecular weight is 971 g/mol. The van der Waals surface area contributed by atoms with Gasteiger partial charge in [-0.15, -0.1) is 0 Å². The number of allylic oxidation sites excluding steroid dienone is 4. The van der Waals surface area contributed by atoms with Crippen LogP contribution in [0.5, 0.6) is 0 Å². The fourth-order valence-electron chi connectivity index (χ4n) is 13.2. The third kappa shape index (κ3) is 7.02. The van der Waals surface area contributed by atoms with Crippen LogP contribution in [0.15, 0.2) is 315 Å². The largest absolute Gasteiger partial charge is 0.314 e. The Kier molecular flexibility index (Phi) is 11.1. The first-order valence-corrected chi connectivity index (χ1v) is 26.6. The maximum Gasteiger partial charge on any atom is 0.0745 e. The highest BCUT2D eigenvalue weighted by Crippen LogP contribution is 2.67. The number of benzene rings is 11. The van der Waals surface area contributed by atoms with E-state index in [2.05, 4.69) is 313 Å². The Morgan fingerprint density at radius 3 is 1.32 bits per heavy atom. The Morgan fingerprint density at radius 1 is 0.289 bits per heavy atom. The first-order chi connectivity index (χ1) is 37.7. The molecular weight excluding hydrogens is 917 g/mol. The quantitative estimate of drug-likeness (QED) is 0.127. The van der Waals surface area contributed by atoms with Crippen LogP contribution in [-0.4, -0.2) is 0 Å². The van der Waals surface area contributed by atoms with Crippen molar-refractivity contribution >= 4 is 28.4 Å². The van der Waals surface area contributed by atoms with Gasteiger partial charge in [0.15, 0.2) is 0 Å². The van der Waals surface area contributed by atoms with Crippen molar-refractivity contribution < 1.29 is 0 Å². The molecule has 0 amide bonds. The van der Waals surface area contributed by atoms with Gasteiger partial charge in [-0.3, -0.25) is 0 Å². The van der Waals surface area contributed by atoms with Crippen molar-refractivity contribution in [3.63, 3.8) is 0 Å². The molecule has 0 spiro atoms. The smallest absolute Gasteiger partial charge is 0.0745 e. The highest BCUT2D eigenvalue weighted by atomic mass is 15.2. The fourth-order valence-corrected chi connectivity index (χ4v) is 13.2. The number of hydrogen-bond acceptors (Lipinski definition) is 2. The van der Waals surface area contributed by atoms with Crippen LogP contribution in [-0.2, 0) is 10.8 Å². The number of para-hydroxylation sites is 3. The summed E-state index contributed by atoms with van der Waals surface area (Å²) in [5.41, 5.74) is 22.9. The van der Waals surface area contributed by atoms with Crippen molar-refractivity contribution in [2.75, 3.05) is 9.80 Å². The van der Waals surface area contributed by atoms with Crippen molar-refractivity contribution in [2.24, 2.45) is 0 Å². The van der Waals surface area contributed by atoms with Crippen molar-refractivity contribution in [3.8, 4) is 33.4 Å². The monoisotopic (exact) mass is 970 g/mol. The Balaban J connectivity index is 1.12. The minimum Gasteiger partial charge on any atom is -0.314 e.